The van der Waals surface area contributed by atoms with Crippen LogP contribution in [0.25, 0.3) is 6.08 Å². The third kappa shape index (κ3) is 4.14. The van der Waals surface area contributed by atoms with E-state index in [9.17, 15) is 9.59 Å². The van der Waals surface area contributed by atoms with Crippen LogP contribution in [-0.4, -0.2) is 31.5 Å². The number of benzene rings is 2. The minimum Gasteiger partial charge on any atom is -0.494 e. The van der Waals surface area contributed by atoms with Crippen molar-refractivity contribution in [3.8, 4) is 17.2 Å². The fourth-order valence-electron chi connectivity index (χ4n) is 2.75. The van der Waals surface area contributed by atoms with Gasteiger partial charge in [-0.3, -0.25) is 9.59 Å². The first-order chi connectivity index (χ1) is 13.6. The quantitative estimate of drug-likeness (QED) is 0.627. The predicted octanol–water partition coefficient (Wildman–Crippen LogP) is 4.73. The molecule has 1 fully saturated rings. The van der Waals surface area contributed by atoms with Gasteiger partial charge in [0.25, 0.3) is 11.1 Å². The maximum Gasteiger partial charge on any atom is 0.298 e. The van der Waals surface area contributed by atoms with E-state index < -0.39 is 0 Å². The minimum atomic E-state index is -0.355. The number of nitrogens with zero attached hydrogens (tertiary/aromatic N) is 1. The second-order valence-electron chi connectivity index (χ2n) is 5.79. The van der Waals surface area contributed by atoms with Gasteiger partial charge in [0.2, 0.25) is 0 Å². The summed E-state index contributed by atoms with van der Waals surface area (Å²) in [4.78, 5) is 26.7. The summed E-state index contributed by atoms with van der Waals surface area (Å²) in [6.07, 6.45) is 1.68. The number of ether oxygens (including phenoxy) is 3. The summed E-state index contributed by atoms with van der Waals surface area (Å²) in [5, 5.41) is -0.335. The van der Waals surface area contributed by atoms with Crippen molar-refractivity contribution in [2.24, 2.45) is 0 Å². The number of hydrogen-bond donors (Lipinski definition) is 0. The highest BCUT2D eigenvalue weighted by molar-refractivity contribution is 8.19. The monoisotopic (exact) mass is 399 g/mol. The smallest absolute Gasteiger partial charge is 0.298 e. The predicted molar refractivity (Wildman–Crippen MR) is 110 cm³/mol. The number of carbonyl (C=O) groups is 2. The van der Waals surface area contributed by atoms with Crippen molar-refractivity contribution in [2.45, 2.75) is 13.8 Å². The fourth-order valence-corrected chi connectivity index (χ4v) is 3.59. The summed E-state index contributed by atoms with van der Waals surface area (Å²) < 4.78 is 16.2. The van der Waals surface area contributed by atoms with Gasteiger partial charge in [0, 0.05) is 0 Å². The van der Waals surface area contributed by atoms with Crippen molar-refractivity contribution < 1.29 is 23.8 Å². The van der Waals surface area contributed by atoms with E-state index in [1.54, 1.807) is 49.6 Å². The Morgan fingerprint density at radius 1 is 0.964 bits per heavy atom. The normalized spacial score (nSPS) is 15.2. The van der Waals surface area contributed by atoms with E-state index in [2.05, 4.69) is 0 Å². The molecule has 1 saturated heterocycles. The van der Waals surface area contributed by atoms with Crippen LogP contribution in [0.3, 0.4) is 0 Å². The lowest BCUT2D eigenvalue weighted by Gasteiger charge is -2.13. The molecule has 0 radical (unpaired) electrons. The molecule has 0 saturated carbocycles. The molecule has 0 aliphatic carbocycles. The highest BCUT2D eigenvalue weighted by Crippen LogP contribution is 2.37. The molecule has 1 heterocycles. The Labute approximate surface area is 168 Å². The van der Waals surface area contributed by atoms with Gasteiger partial charge in [-0.1, -0.05) is 6.07 Å². The molecule has 0 unspecified atom stereocenters. The number of methoxy groups -OCH3 is 1. The van der Waals surface area contributed by atoms with Crippen LogP contribution in [0.2, 0.25) is 0 Å². The summed E-state index contributed by atoms with van der Waals surface area (Å²) in [6.45, 7) is 4.86. The summed E-state index contributed by atoms with van der Waals surface area (Å²) in [7, 11) is 1.56. The second kappa shape index (κ2) is 8.84. The highest BCUT2D eigenvalue weighted by Gasteiger charge is 2.36. The lowest BCUT2D eigenvalue weighted by Crippen LogP contribution is -2.27. The fraction of sp³-hybridized carbons (Fsp3) is 0.238. The van der Waals surface area contributed by atoms with Crippen molar-refractivity contribution in [1.29, 1.82) is 0 Å². The van der Waals surface area contributed by atoms with E-state index in [1.807, 2.05) is 19.9 Å². The van der Waals surface area contributed by atoms with Crippen LogP contribution in [0.4, 0.5) is 10.5 Å². The third-order valence-electron chi connectivity index (χ3n) is 3.98. The van der Waals surface area contributed by atoms with Gasteiger partial charge in [0.15, 0.2) is 11.5 Å². The Kier molecular flexibility index (Phi) is 6.26. The molecule has 0 aromatic heterocycles. The lowest BCUT2D eigenvalue weighted by atomic mass is 10.2. The second-order valence-corrected chi connectivity index (χ2v) is 6.78. The van der Waals surface area contributed by atoms with E-state index in [4.69, 9.17) is 14.2 Å². The molecule has 1 aliphatic heterocycles. The maximum absolute atomic E-state index is 12.8. The molecule has 6 nitrogen and oxygen atoms in total. The van der Waals surface area contributed by atoms with Gasteiger partial charge < -0.3 is 14.2 Å². The number of hydrogen-bond acceptors (Lipinski definition) is 6. The number of rotatable bonds is 7. The average Bonchev–Trinajstić information content (AvgIpc) is 2.97. The van der Waals surface area contributed by atoms with Crippen molar-refractivity contribution in [3.05, 3.63) is 52.9 Å². The Balaban J connectivity index is 1.84. The molecule has 28 heavy (non-hydrogen) atoms. The molecule has 0 spiro atoms. The Hall–Kier alpha value is -2.93. The summed E-state index contributed by atoms with van der Waals surface area (Å²) in [5.41, 5.74) is 1.26. The molecule has 0 N–H and O–H groups in total. The zero-order valence-electron chi connectivity index (χ0n) is 15.9. The molecule has 3 rings (SSSR count). The number of imide groups is 1. The molecule has 1 aliphatic rings. The molecule has 7 heteroatoms. The van der Waals surface area contributed by atoms with Gasteiger partial charge >= 0.3 is 0 Å². The zero-order chi connectivity index (χ0) is 20.1. The van der Waals surface area contributed by atoms with Crippen LogP contribution in [0.5, 0.6) is 17.2 Å². The summed E-state index contributed by atoms with van der Waals surface area (Å²) >= 11 is 0.909. The SMILES string of the molecule is CCOc1ccc(N2C(=O)S/C(=C\c3ccc(OCC)c(OC)c3)C2=O)cc1. The minimum absolute atomic E-state index is 0.335. The van der Waals surface area contributed by atoms with Crippen LogP contribution in [0.1, 0.15) is 19.4 Å². The van der Waals surface area contributed by atoms with Crippen molar-refractivity contribution in [1.82, 2.24) is 0 Å². The Morgan fingerprint density at radius 2 is 1.68 bits per heavy atom. The standard InChI is InChI=1S/C21H21NO5S/c1-4-26-16-9-7-15(8-10-16)22-20(23)19(28-21(22)24)13-14-6-11-17(27-5-2)18(12-14)25-3/h6-13H,4-5H2,1-3H3/b19-13-. The Bertz CT molecular complexity index is 908. The van der Waals surface area contributed by atoms with Crippen LogP contribution < -0.4 is 19.1 Å². The van der Waals surface area contributed by atoms with E-state index in [0.717, 1.165) is 22.2 Å². The largest absolute Gasteiger partial charge is 0.494 e. The van der Waals surface area contributed by atoms with Gasteiger partial charge in [0.05, 0.1) is 30.9 Å². The molecule has 2 aromatic rings. The molecular formula is C21H21NO5S. The van der Waals surface area contributed by atoms with Crippen molar-refractivity contribution in [2.75, 3.05) is 25.2 Å². The van der Waals surface area contributed by atoms with Crippen LogP contribution in [0, 0.1) is 0 Å². The van der Waals surface area contributed by atoms with E-state index >= 15 is 0 Å². The van der Waals surface area contributed by atoms with Gasteiger partial charge in [-0.25, -0.2) is 4.90 Å². The first-order valence-electron chi connectivity index (χ1n) is 8.89. The molecule has 2 amide bonds. The molecule has 2 aromatic carbocycles. The molecule has 146 valence electrons. The summed E-state index contributed by atoms with van der Waals surface area (Å²) in [5.74, 6) is 1.54. The summed E-state index contributed by atoms with van der Waals surface area (Å²) in [6, 6.07) is 12.2. The Morgan fingerprint density at radius 3 is 2.32 bits per heavy atom. The maximum atomic E-state index is 12.8. The van der Waals surface area contributed by atoms with Gasteiger partial charge in [0.1, 0.15) is 5.75 Å². The van der Waals surface area contributed by atoms with E-state index in [0.29, 0.717) is 41.1 Å². The first kappa shape index (κ1) is 19.8. The average molecular weight is 399 g/mol. The van der Waals surface area contributed by atoms with Crippen LogP contribution >= 0.6 is 11.8 Å². The van der Waals surface area contributed by atoms with Gasteiger partial charge in [-0.05, 0) is 73.6 Å². The number of anilines is 1. The van der Waals surface area contributed by atoms with Crippen LogP contribution in [-0.2, 0) is 4.79 Å². The van der Waals surface area contributed by atoms with Crippen LogP contribution in [0.15, 0.2) is 47.4 Å². The number of carbonyl (C=O) groups excluding carboxylic acids is 2. The van der Waals surface area contributed by atoms with Gasteiger partial charge in [-0.15, -0.1) is 0 Å². The van der Waals surface area contributed by atoms with E-state index in [-0.39, 0.29) is 11.1 Å². The first-order valence-corrected chi connectivity index (χ1v) is 9.70. The molecular weight excluding hydrogens is 378 g/mol. The van der Waals surface area contributed by atoms with E-state index in [1.165, 1.54) is 0 Å². The molecule has 0 bridgehead atoms. The van der Waals surface area contributed by atoms with Gasteiger partial charge in [-0.2, -0.15) is 0 Å². The number of thioether (sulfide) groups is 1. The third-order valence-corrected chi connectivity index (χ3v) is 4.85. The lowest BCUT2D eigenvalue weighted by molar-refractivity contribution is -0.113. The van der Waals surface area contributed by atoms with Crippen molar-refractivity contribution in [3.63, 3.8) is 0 Å². The topological polar surface area (TPSA) is 65.1 Å². The number of amides is 2. The van der Waals surface area contributed by atoms with Crippen molar-refractivity contribution >= 4 is 34.7 Å². The molecule has 0 atom stereocenters. The highest BCUT2D eigenvalue weighted by atomic mass is 32.2. The zero-order valence-corrected chi connectivity index (χ0v) is 16.7.